The molecule has 0 radical (unpaired) electrons. The normalized spacial score (nSPS) is 16.1. The van der Waals surface area contributed by atoms with Gasteiger partial charge in [0.1, 0.15) is 0 Å². The van der Waals surface area contributed by atoms with E-state index < -0.39 is 0 Å². The van der Waals surface area contributed by atoms with E-state index in [4.69, 9.17) is 4.74 Å². The van der Waals surface area contributed by atoms with Crippen LogP contribution in [-0.4, -0.2) is 17.6 Å². The molecule has 2 N–H and O–H groups in total. The average Bonchev–Trinajstić information content (AvgIpc) is 2.80. The molecule has 0 fully saturated rings. The van der Waals surface area contributed by atoms with Crippen LogP contribution in [0.2, 0.25) is 0 Å². The van der Waals surface area contributed by atoms with Crippen molar-refractivity contribution in [1.82, 2.24) is 0 Å². The summed E-state index contributed by atoms with van der Waals surface area (Å²) in [7, 11) is 0. The van der Waals surface area contributed by atoms with E-state index >= 15 is 0 Å². The first-order chi connectivity index (χ1) is 11.0. The Labute approximate surface area is 151 Å². The van der Waals surface area contributed by atoms with Crippen molar-refractivity contribution < 1.29 is 14.6 Å². The maximum Gasteiger partial charge on any atom is 0.232 e. The fourth-order valence-electron chi connectivity index (χ4n) is 2.77. The number of hydrogen-bond donors (Lipinski definition) is 2. The molecule has 1 aliphatic rings. The molecule has 0 saturated carbocycles. The second-order valence-corrected chi connectivity index (χ2v) is 7.15. The minimum atomic E-state index is -0.336. The number of phenolic OH excluding ortho intramolecular Hbond substituents is 1. The van der Waals surface area contributed by atoms with Crippen molar-refractivity contribution >= 4 is 43.5 Å². The number of nitrogens with one attached hydrogen (secondary N) is 1. The van der Waals surface area contributed by atoms with E-state index in [-0.39, 0.29) is 17.6 Å². The molecule has 1 atom stereocenters. The molecule has 120 valence electrons. The number of carbonyl (C=O) groups is 1. The minimum Gasteiger partial charge on any atom is -0.504 e. The first-order valence-electron chi connectivity index (χ1n) is 7.24. The maximum atomic E-state index is 12.3. The molecule has 3 rings (SSSR count). The van der Waals surface area contributed by atoms with Crippen molar-refractivity contribution in [2.45, 2.75) is 19.3 Å². The Hall–Kier alpha value is -1.53. The summed E-state index contributed by atoms with van der Waals surface area (Å²) in [6.45, 7) is 2.32. The van der Waals surface area contributed by atoms with Gasteiger partial charge in [-0.1, -0.05) is 31.9 Å². The van der Waals surface area contributed by atoms with Gasteiger partial charge in [0.25, 0.3) is 0 Å². The van der Waals surface area contributed by atoms with E-state index in [1.54, 1.807) is 6.07 Å². The van der Waals surface area contributed by atoms with Crippen LogP contribution < -0.4 is 10.1 Å². The van der Waals surface area contributed by atoms with E-state index in [0.29, 0.717) is 24.3 Å². The average molecular weight is 441 g/mol. The molecule has 0 unspecified atom stereocenters. The Morgan fingerprint density at radius 2 is 2.00 bits per heavy atom. The molecule has 0 bridgehead atoms. The molecule has 4 nitrogen and oxygen atoms in total. The minimum absolute atomic E-state index is 0.0598. The number of rotatable bonds is 4. The van der Waals surface area contributed by atoms with Gasteiger partial charge >= 0.3 is 0 Å². The van der Waals surface area contributed by atoms with Crippen molar-refractivity contribution in [3.05, 3.63) is 50.4 Å². The van der Waals surface area contributed by atoms with Crippen molar-refractivity contribution in [3.8, 4) is 11.5 Å². The summed E-state index contributed by atoms with van der Waals surface area (Å²) in [5, 5.41) is 13.3. The Bertz CT molecular complexity index is 777. The van der Waals surface area contributed by atoms with Crippen LogP contribution in [0.4, 0.5) is 5.69 Å². The van der Waals surface area contributed by atoms with Crippen LogP contribution in [0.15, 0.2) is 39.3 Å². The quantitative estimate of drug-likeness (QED) is 0.730. The van der Waals surface area contributed by atoms with Gasteiger partial charge in [-0.15, -0.1) is 0 Å². The number of benzene rings is 2. The molecular formula is C17H15Br2NO3. The highest BCUT2D eigenvalue weighted by atomic mass is 79.9. The molecule has 1 amide bonds. The number of aromatic hydroxyl groups is 1. The van der Waals surface area contributed by atoms with Crippen LogP contribution in [0, 0.1) is 0 Å². The van der Waals surface area contributed by atoms with Gasteiger partial charge < -0.3 is 15.2 Å². The van der Waals surface area contributed by atoms with Crippen LogP contribution in [0.5, 0.6) is 11.5 Å². The lowest BCUT2D eigenvalue weighted by Gasteiger charge is -2.14. The maximum absolute atomic E-state index is 12.3. The SMILES string of the molecule is CCOc1cc(Br)cc(C[C@@H]2C(=O)Nc3ccc(Br)cc32)c1O. The Morgan fingerprint density at radius 1 is 1.22 bits per heavy atom. The highest BCUT2D eigenvalue weighted by Crippen LogP contribution is 2.41. The van der Waals surface area contributed by atoms with Gasteiger partial charge in [0, 0.05) is 14.6 Å². The smallest absolute Gasteiger partial charge is 0.232 e. The third-order valence-electron chi connectivity index (χ3n) is 3.81. The van der Waals surface area contributed by atoms with Crippen LogP contribution >= 0.6 is 31.9 Å². The second-order valence-electron chi connectivity index (χ2n) is 5.32. The van der Waals surface area contributed by atoms with Gasteiger partial charge in [0.15, 0.2) is 11.5 Å². The van der Waals surface area contributed by atoms with Gasteiger partial charge in [-0.2, -0.15) is 0 Å². The standard InChI is InChI=1S/C17H15Br2NO3/c1-2-23-15-8-11(19)5-9(16(15)21)6-13-12-7-10(18)3-4-14(12)20-17(13)22/h3-5,7-8,13,21H,2,6H2,1H3,(H,20,22)/t13-/m0/s1. The zero-order valence-electron chi connectivity index (χ0n) is 12.4. The predicted octanol–water partition coefficient (Wildman–Crippen LogP) is 4.59. The fraction of sp³-hybridized carbons (Fsp3) is 0.235. The third kappa shape index (κ3) is 3.23. The third-order valence-corrected chi connectivity index (χ3v) is 4.76. The zero-order chi connectivity index (χ0) is 16.6. The lowest BCUT2D eigenvalue weighted by molar-refractivity contribution is -0.117. The molecule has 2 aromatic rings. The second kappa shape index (κ2) is 6.53. The van der Waals surface area contributed by atoms with E-state index in [1.807, 2.05) is 31.2 Å². The Balaban J connectivity index is 1.97. The number of hydrogen-bond acceptors (Lipinski definition) is 3. The summed E-state index contributed by atoms with van der Waals surface area (Å²) < 4.78 is 7.18. The summed E-state index contributed by atoms with van der Waals surface area (Å²) in [6.07, 6.45) is 0.403. The first kappa shape index (κ1) is 16.3. The lowest BCUT2D eigenvalue weighted by Crippen LogP contribution is -2.14. The molecule has 1 aliphatic heterocycles. The highest BCUT2D eigenvalue weighted by Gasteiger charge is 2.31. The number of halogens is 2. The summed E-state index contributed by atoms with van der Waals surface area (Å²) in [6, 6.07) is 9.26. The van der Waals surface area contributed by atoms with Gasteiger partial charge in [-0.3, -0.25) is 4.79 Å². The summed E-state index contributed by atoms with van der Waals surface area (Å²) >= 11 is 6.87. The number of phenols is 1. The molecule has 0 aliphatic carbocycles. The van der Waals surface area contributed by atoms with Crippen molar-refractivity contribution in [2.24, 2.45) is 0 Å². The highest BCUT2D eigenvalue weighted by molar-refractivity contribution is 9.10. The largest absolute Gasteiger partial charge is 0.504 e. The number of ether oxygens (including phenoxy) is 1. The van der Waals surface area contributed by atoms with Crippen molar-refractivity contribution in [2.75, 3.05) is 11.9 Å². The number of anilines is 1. The summed E-state index contributed by atoms with van der Waals surface area (Å²) in [5.74, 6) is 0.114. The fourth-order valence-corrected chi connectivity index (χ4v) is 3.63. The molecule has 2 aromatic carbocycles. The molecule has 0 saturated heterocycles. The number of amides is 1. The van der Waals surface area contributed by atoms with Crippen LogP contribution in [0.1, 0.15) is 24.0 Å². The molecular weight excluding hydrogens is 426 g/mol. The Morgan fingerprint density at radius 3 is 2.74 bits per heavy atom. The van der Waals surface area contributed by atoms with Gasteiger partial charge in [0.2, 0.25) is 5.91 Å². The molecule has 1 heterocycles. The van der Waals surface area contributed by atoms with Gasteiger partial charge in [0.05, 0.1) is 12.5 Å². The van der Waals surface area contributed by atoms with Gasteiger partial charge in [-0.05, 0) is 54.8 Å². The summed E-state index contributed by atoms with van der Waals surface area (Å²) in [5.41, 5.74) is 2.43. The predicted molar refractivity (Wildman–Crippen MR) is 96.2 cm³/mol. The zero-order valence-corrected chi connectivity index (χ0v) is 15.6. The molecule has 0 aromatic heterocycles. The van der Waals surface area contributed by atoms with E-state index in [1.165, 1.54) is 0 Å². The Kier molecular flexibility index (Phi) is 4.64. The number of fused-ring (bicyclic) bond motifs is 1. The number of carbonyl (C=O) groups excluding carboxylic acids is 1. The molecule has 23 heavy (non-hydrogen) atoms. The lowest BCUT2D eigenvalue weighted by atomic mass is 9.92. The topological polar surface area (TPSA) is 58.6 Å². The van der Waals surface area contributed by atoms with Crippen LogP contribution in [-0.2, 0) is 11.2 Å². The van der Waals surface area contributed by atoms with Crippen LogP contribution in [0.3, 0.4) is 0 Å². The van der Waals surface area contributed by atoms with Crippen molar-refractivity contribution in [3.63, 3.8) is 0 Å². The summed E-state index contributed by atoms with van der Waals surface area (Å²) in [4.78, 5) is 12.3. The molecule has 0 spiro atoms. The van der Waals surface area contributed by atoms with Gasteiger partial charge in [-0.25, -0.2) is 0 Å². The van der Waals surface area contributed by atoms with E-state index in [0.717, 1.165) is 20.2 Å². The van der Waals surface area contributed by atoms with E-state index in [2.05, 4.69) is 37.2 Å². The van der Waals surface area contributed by atoms with Crippen LogP contribution in [0.25, 0.3) is 0 Å². The van der Waals surface area contributed by atoms with Crippen molar-refractivity contribution in [1.29, 1.82) is 0 Å². The monoisotopic (exact) mass is 439 g/mol. The first-order valence-corrected chi connectivity index (χ1v) is 8.82. The molecule has 6 heteroatoms. The van der Waals surface area contributed by atoms with E-state index in [9.17, 15) is 9.90 Å².